The Labute approximate surface area is 108 Å². The van der Waals surface area contributed by atoms with Crippen LogP contribution in [-0.4, -0.2) is 36.0 Å². The maximum absolute atomic E-state index is 11.9. The van der Waals surface area contributed by atoms with Crippen molar-refractivity contribution in [2.45, 2.75) is 12.3 Å². The second-order valence-electron chi connectivity index (χ2n) is 3.63. The molecule has 1 aromatic carbocycles. The summed E-state index contributed by atoms with van der Waals surface area (Å²) < 4.78 is 5.76. The maximum atomic E-state index is 11.9. The van der Waals surface area contributed by atoms with Crippen molar-refractivity contribution < 1.29 is 19.7 Å². The molecule has 0 saturated heterocycles. The second kappa shape index (κ2) is 6.14. The van der Waals surface area contributed by atoms with Crippen LogP contribution in [0.2, 0.25) is 0 Å². The van der Waals surface area contributed by atoms with Gasteiger partial charge >= 0.3 is 5.97 Å². The third kappa shape index (κ3) is 2.86. The SMILES string of the molecule is CCOC(=O)C(CO)(CO)c1ccc(Br)cc1. The molecule has 0 aliphatic heterocycles. The molecule has 0 aliphatic carbocycles. The summed E-state index contributed by atoms with van der Waals surface area (Å²) in [5, 5.41) is 18.8. The quantitative estimate of drug-likeness (QED) is 0.803. The van der Waals surface area contributed by atoms with Gasteiger partial charge in [-0.05, 0) is 24.6 Å². The van der Waals surface area contributed by atoms with Gasteiger partial charge in [0, 0.05) is 4.47 Å². The monoisotopic (exact) mass is 302 g/mol. The van der Waals surface area contributed by atoms with Gasteiger partial charge in [-0.3, -0.25) is 4.79 Å². The van der Waals surface area contributed by atoms with Crippen LogP contribution in [0.4, 0.5) is 0 Å². The number of esters is 1. The van der Waals surface area contributed by atoms with Crippen molar-refractivity contribution >= 4 is 21.9 Å². The van der Waals surface area contributed by atoms with Crippen LogP contribution in [0.3, 0.4) is 0 Å². The molecule has 0 radical (unpaired) electrons. The Morgan fingerprint density at radius 3 is 2.24 bits per heavy atom. The topological polar surface area (TPSA) is 66.8 Å². The molecule has 0 atom stereocenters. The number of aliphatic hydroxyl groups is 2. The van der Waals surface area contributed by atoms with Crippen LogP contribution >= 0.6 is 15.9 Å². The number of hydrogen-bond acceptors (Lipinski definition) is 4. The number of benzene rings is 1. The molecule has 1 aromatic rings. The molecule has 0 bridgehead atoms. The van der Waals surface area contributed by atoms with Crippen LogP contribution in [0.1, 0.15) is 12.5 Å². The van der Waals surface area contributed by atoms with Gasteiger partial charge in [-0.25, -0.2) is 0 Å². The number of carbonyl (C=O) groups excluding carboxylic acids is 1. The number of ether oxygens (including phenoxy) is 1. The summed E-state index contributed by atoms with van der Waals surface area (Å²) in [6.07, 6.45) is 0. The minimum Gasteiger partial charge on any atom is -0.465 e. The number of hydrogen-bond donors (Lipinski definition) is 2. The van der Waals surface area contributed by atoms with E-state index in [1.54, 1.807) is 31.2 Å². The van der Waals surface area contributed by atoms with E-state index in [0.717, 1.165) is 4.47 Å². The molecule has 0 saturated carbocycles. The lowest BCUT2D eigenvalue weighted by Gasteiger charge is -2.27. The zero-order chi connectivity index (χ0) is 12.9. The molecule has 0 unspecified atom stereocenters. The Balaban J connectivity index is 3.14. The highest BCUT2D eigenvalue weighted by Crippen LogP contribution is 2.26. The molecule has 0 spiro atoms. The minimum atomic E-state index is -1.39. The van der Waals surface area contributed by atoms with Crippen LogP contribution in [0, 0.1) is 0 Å². The van der Waals surface area contributed by atoms with Gasteiger partial charge in [-0.2, -0.15) is 0 Å². The van der Waals surface area contributed by atoms with Gasteiger partial charge in [0.25, 0.3) is 0 Å². The second-order valence-corrected chi connectivity index (χ2v) is 4.54. The number of rotatable bonds is 5. The average molecular weight is 303 g/mol. The van der Waals surface area contributed by atoms with Crippen molar-refractivity contribution in [1.82, 2.24) is 0 Å². The summed E-state index contributed by atoms with van der Waals surface area (Å²) in [6.45, 7) is 0.893. The van der Waals surface area contributed by atoms with Gasteiger partial charge in [0.15, 0.2) is 0 Å². The summed E-state index contributed by atoms with van der Waals surface area (Å²) in [7, 11) is 0. The first-order chi connectivity index (χ1) is 8.10. The Kier molecular flexibility index (Phi) is 5.11. The molecule has 17 heavy (non-hydrogen) atoms. The van der Waals surface area contributed by atoms with Crippen molar-refractivity contribution in [3.05, 3.63) is 34.3 Å². The molecule has 0 amide bonds. The molecule has 0 fully saturated rings. The fourth-order valence-electron chi connectivity index (χ4n) is 1.52. The van der Waals surface area contributed by atoms with Crippen molar-refractivity contribution in [2.75, 3.05) is 19.8 Å². The highest BCUT2D eigenvalue weighted by molar-refractivity contribution is 9.10. The third-order valence-corrected chi connectivity index (χ3v) is 3.13. The first-order valence-electron chi connectivity index (χ1n) is 5.25. The van der Waals surface area contributed by atoms with Crippen LogP contribution in [0.25, 0.3) is 0 Å². The first-order valence-corrected chi connectivity index (χ1v) is 6.05. The van der Waals surface area contributed by atoms with E-state index in [0.29, 0.717) is 5.56 Å². The van der Waals surface area contributed by atoms with Gasteiger partial charge in [0.1, 0.15) is 5.41 Å². The van der Waals surface area contributed by atoms with E-state index in [-0.39, 0.29) is 6.61 Å². The number of aliphatic hydroxyl groups excluding tert-OH is 2. The van der Waals surface area contributed by atoms with E-state index < -0.39 is 24.6 Å². The van der Waals surface area contributed by atoms with E-state index in [9.17, 15) is 15.0 Å². The largest absolute Gasteiger partial charge is 0.465 e. The highest BCUT2D eigenvalue weighted by atomic mass is 79.9. The molecule has 4 nitrogen and oxygen atoms in total. The fourth-order valence-corrected chi connectivity index (χ4v) is 1.78. The summed E-state index contributed by atoms with van der Waals surface area (Å²) in [5.74, 6) is -0.618. The number of carbonyl (C=O) groups is 1. The molecule has 5 heteroatoms. The average Bonchev–Trinajstić information content (AvgIpc) is 2.34. The highest BCUT2D eigenvalue weighted by Gasteiger charge is 2.40. The lowest BCUT2D eigenvalue weighted by Crippen LogP contribution is -2.44. The number of halogens is 1. The standard InChI is InChI=1S/C12H15BrO4/c1-2-17-11(16)12(7-14,8-15)9-3-5-10(13)6-4-9/h3-6,14-15H,2,7-8H2,1H3. The molecule has 0 aromatic heterocycles. The molecule has 1 rings (SSSR count). The van der Waals surface area contributed by atoms with Crippen LogP contribution < -0.4 is 0 Å². The summed E-state index contributed by atoms with van der Waals surface area (Å²) >= 11 is 3.28. The Morgan fingerprint density at radius 1 is 1.29 bits per heavy atom. The predicted molar refractivity (Wildman–Crippen MR) is 66.6 cm³/mol. The lowest BCUT2D eigenvalue weighted by molar-refractivity contribution is -0.154. The van der Waals surface area contributed by atoms with Gasteiger partial charge in [-0.15, -0.1) is 0 Å². The molecular weight excluding hydrogens is 288 g/mol. The van der Waals surface area contributed by atoms with Crippen molar-refractivity contribution in [2.24, 2.45) is 0 Å². The van der Waals surface area contributed by atoms with Crippen molar-refractivity contribution in [3.63, 3.8) is 0 Å². The normalized spacial score (nSPS) is 11.3. The summed E-state index contributed by atoms with van der Waals surface area (Å²) in [5.41, 5.74) is -0.861. The Bertz CT molecular complexity index is 371. The maximum Gasteiger partial charge on any atom is 0.321 e. The van der Waals surface area contributed by atoms with Crippen molar-refractivity contribution in [3.8, 4) is 0 Å². The van der Waals surface area contributed by atoms with E-state index in [1.807, 2.05) is 0 Å². The van der Waals surface area contributed by atoms with E-state index in [1.165, 1.54) is 0 Å². The summed E-state index contributed by atoms with van der Waals surface area (Å²) in [4.78, 5) is 11.9. The van der Waals surface area contributed by atoms with Gasteiger partial charge in [-0.1, -0.05) is 28.1 Å². The molecular formula is C12H15BrO4. The molecule has 0 heterocycles. The van der Waals surface area contributed by atoms with Gasteiger partial charge < -0.3 is 14.9 Å². The molecule has 94 valence electrons. The Morgan fingerprint density at radius 2 is 1.82 bits per heavy atom. The minimum absolute atomic E-state index is 0.205. The predicted octanol–water partition coefficient (Wildman–Crippen LogP) is 1.23. The van der Waals surface area contributed by atoms with Crippen LogP contribution in [-0.2, 0) is 14.9 Å². The van der Waals surface area contributed by atoms with Gasteiger partial charge in [0.05, 0.1) is 19.8 Å². The van der Waals surface area contributed by atoms with Gasteiger partial charge in [0.2, 0.25) is 0 Å². The van der Waals surface area contributed by atoms with Crippen LogP contribution in [0.15, 0.2) is 28.7 Å². The third-order valence-electron chi connectivity index (χ3n) is 2.60. The van der Waals surface area contributed by atoms with Crippen LogP contribution in [0.5, 0.6) is 0 Å². The smallest absolute Gasteiger partial charge is 0.321 e. The molecule has 2 N–H and O–H groups in total. The van der Waals surface area contributed by atoms with Crippen molar-refractivity contribution in [1.29, 1.82) is 0 Å². The fraction of sp³-hybridized carbons (Fsp3) is 0.417. The molecule has 0 aliphatic rings. The summed E-state index contributed by atoms with van der Waals surface area (Å²) in [6, 6.07) is 6.84. The zero-order valence-corrected chi connectivity index (χ0v) is 11.1. The Hall–Kier alpha value is -0.910. The van der Waals surface area contributed by atoms with E-state index in [4.69, 9.17) is 4.74 Å². The van der Waals surface area contributed by atoms with E-state index >= 15 is 0 Å². The first kappa shape index (κ1) is 14.2. The van der Waals surface area contributed by atoms with E-state index in [2.05, 4.69) is 15.9 Å². The lowest BCUT2D eigenvalue weighted by atomic mass is 9.82. The zero-order valence-electron chi connectivity index (χ0n) is 9.52.